The predicted molar refractivity (Wildman–Crippen MR) is 149 cm³/mol. The number of ether oxygens (including phenoxy) is 1. The average Bonchev–Trinajstić information content (AvgIpc) is 3.79. The van der Waals surface area contributed by atoms with Gasteiger partial charge in [0, 0.05) is 30.9 Å². The third-order valence-electron chi connectivity index (χ3n) is 7.72. The largest absolute Gasteiger partial charge is 0.416 e. The molecule has 1 atom stereocenters. The highest BCUT2D eigenvalue weighted by atomic mass is 32.2. The minimum atomic E-state index is -4.60. The molecule has 3 aromatic rings. The second-order valence-corrected chi connectivity index (χ2v) is 11.7. The van der Waals surface area contributed by atoms with Crippen molar-refractivity contribution in [2.45, 2.75) is 61.2 Å². The lowest BCUT2D eigenvalue weighted by atomic mass is 9.94. The number of aliphatic hydroxyl groups is 1. The molecule has 41 heavy (non-hydrogen) atoms. The van der Waals surface area contributed by atoms with E-state index in [1.807, 2.05) is 6.07 Å². The van der Waals surface area contributed by atoms with Crippen LogP contribution in [0.2, 0.25) is 0 Å². The molecule has 11 heteroatoms. The predicted octanol–water partition coefficient (Wildman–Crippen LogP) is 5.01. The number of methoxy groups -OCH3 is 1. The first-order valence-corrected chi connectivity index (χ1v) is 14.6. The molecule has 1 aliphatic carbocycles. The fraction of sp³-hybridized carbons (Fsp3) is 0.433. The highest BCUT2D eigenvalue weighted by molar-refractivity contribution is 7.99. The third-order valence-corrected chi connectivity index (χ3v) is 8.80. The lowest BCUT2D eigenvalue weighted by Crippen LogP contribution is -2.36. The molecule has 1 saturated carbocycles. The zero-order chi connectivity index (χ0) is 29.2. The van der Waals surface area contributed by atoms with Gasteiger partial charge in [-0.1, -0.05) is 24.3 Å². The minimum absolute atomic E-state index is 0.0760. The number of hydrogen-bond acceptors (Lipinski definition) is 6. The molecule has 1 aliphatic heterocycles. The number of carbonyl (C=O) groups excluding carboxylic acids is 1. The minimum Gasteiger partial charge on any atom is -0.385 e. The van der Waals surface area contributed by atoms with E-state index in [1.54, 1.807) is 18.9 Å². The summed E-state index contributed by atoms with van der Waals surface area (Å²) in [4.78, 5) is 36.8. The van der Waals surface area contributed by atoms with Crippen LogP contribution in [0.1, 0.15) is 65.6 Å². The maximum absolute atomic E-state index is 13.3. The van der Waals surface area contributed by atoms with Gasteiger partial charge in [-0.2, -0.15) is 13.2 Å². The second kappa shape index (κ2) is 12.0. The molecule has 0 spiro atoms. The van der Waals surface area contributed by atoms with Crippen LogP contribution >= 0.6 is 11.8 Å². The number of halogens is 3. The Bertz CT molecular complexity index is 1470. The normalized spacial score (nSPS) is 17.0. The quantitative estimate of drug-likeness (QED) is 0.270. The van der Waals surface area contributed by atoms with Crippen LogP contribution in [0.5, 0.6) is 0 Å². The zero-order valence-corrected chi connectivity index (χ0v) is 23.5. The van der Waals surface area contributed by atoms with Crippen molar-refractivity contribution in [1.82, 2.24) is 14.9 Å². The number of benzene rings is 2. The van der Waals surface area contributed by atoms with Gasteiger partial charge >= 0.3 is 6.18 Å². The van der Waals surface area contributed by atoms with Crippen molar-refractivity contribution in [3.8, 4) is 0 Å². The number of carbonyl (C=O) groups is 1. The second-order valence-electron chi connectivity index (χ2n) is 10.5. The Morgan fingerprint density at radius 3 is 2.73 bits per heavy atom. The number of aromatic nitrogens is 2. The number of nitrogens with zero attached hydrogens (tertiary/aromatic N) is 2. The van der Waals surface area contributed by atoms with E-state index in [0.29, 0.717) is 36.5 Å². The fourth-order valence-electron chi connectivity index (χ4n) is 5.30. The summed E-state index contributed by atoms with van der Waals surface area (Å²) in [5.74, 6) is 0.807. The van der Waals surface area contributed by atoms with Crippen molar-refractivity contribution < 1.29 is 27.8 Å². The molecule has 0 unspecified atom stereocenters. The average molecular weight is 588 g/mol. The van der Waals surface area contributed by atoms with Gasteiger partial charge in [0.15, 0.2) is 6.10 Å². The summed E-state index contributed by atoms with van der Waals surface area (Å²) < 4.78 is 44.6. The van der Waals surface area contributed by atoms with E-state index in [9.17, 15) is 27.9 Å². The number of alkyl halides is 3. The third kappa shape index (κ3) is 6.37. The molecule has 5 rings (SSSR count). The molecule has 1 fully saturated rings. The number of rotatable bonds is 9. The number of aromatic amines is 1. The van der Waals surface area contributed by atoms with E-state index >= 15 is 0 Å². The van der Waals surface area contributed by atoms with Gasteiger partial charge in [0.05, 0.1) is 28.8 Å². The number of aryl methyl sites for hydroxylation is 1. The lowest BCUT2D eigenvalue weighted by Gasteiger charge is -2.24. The maximum Gasteiger partial charge on any atom is 0.416 e. The Morgan fingerprint density at radius 1 is 1.22 bits per heavy atom. The molecule has 0 saturated heterocycles. The van der Waals surface area contributed by atoms with Crippen LogP contribution in [0.15, 0.2) is 58.2 Å². The van der Waals surface area contributed by atoms with Crippen LogP contribution in [-0.4, -0.2) is 51.9 Å². The molecule has 2 aliphatic rings. The van der Waals surface area contributed by atoms with Gasteiger partial charge in [-0.15, -0.1) is 11.8 Å². The van der Waals surface area contributed by atoms with Gasteiger partial charge in [0.2, 0.25) is 0 Å². The van der Waals surface area contributed by atoms with Crippen LogP contribution in [0.3, 0.4) is 0 Å². The number of thioether (sulfide) groups is 1. The molecular formula is C30H32F3N3O4S. The summed E-state index contributed by atoms with van der Waals surface area (Å²) in [6.07, 6.45) is -2.72. The van der Waals surface area contributed by atoms with E-state index < -0.39 is 23.8 Å². The van der Waals surface area contributed by atoms with Crippen LogP contribution in [0.4, 0.5) is 13.2 Å². The topological polar surface area (TPSA) is 95.5 Å². The summed E-state index contributed by atoms with van der Waals surface area (Å²) >= 11 is 1.76. The standard InChI is InChI=1S/C30H32F3N3O4S/c1-40-14-5-15-41-22-9-3-7-20(17-22)29(11-12-29)28-34-24-10-4-13-36(18-23(24)26(38)35-28)27(39)25(37)19-6-2-8-21(16-19)30(31,32)33/h2-3,6-9,16-17,25,37H,4-5,10-15,18H2,1H3,(H,34,35,38)/t25-/m1/s1. The Kier molecular flexibility index (Phi) is 8.58. The van der Waals surface area contributed by atoms with Crippen LogP contribution in [0.25, 0.3) is 0 Å². The van der Waals surface area contributed by atoms with Crippen molar-refractivity contribution in [1.29, 1.82) is 0 Å². The van der Waals surface area contributed by atoms with Crippen molar-refractivity contribution in [3.05, 3.63) is 92.7 Å². The number of nitrogens with one attached hydrogen (secondary N) is 1. The van der Waals surface area contributed by atoms with Gasteiger partial charge in [-0.05, 0) is 67.5 Å². The molecule has 1 amide bonds. The Hall–Kier alpha value is -3.15. The Morgan fingerprint density at radius 2 is 2.00 bits per heavy atom. The summed E-state index contributed by atoms with van der Waals surface area (Å²) in [7, 11) is 1.69. The van der Waals surface area contributed by atoms with Crippen LogP contribution in [0, 0.1) is 0 Å². The smallest absolute Gasteiger partial charge is 0.385 e. The number of H-pyrrole nitrogens is 1. The molecule has 0 radical (unpaired) electrons. The number of amides is 1. The molecule has 0 bridgehead atoms. The van der Waals surface area contributed by atoms with Gasteiger partial charge in [-0.25, -0.2) is 4.98 Å². The van der Waals surface area contributed by atoms with Gasteiger partial charge in [0.25, 0.3) is 11.5 Å². The van der Waals surface area contributed by atoms with Crippen LogP contribution < -0.4 is 5.56 Å². The number of fused-ring (bicyclic) bond motifs is 1. The molecule has 1 aromatic heterocycles. The summed E-state index contributed by atoms with van der Waals surface area (Å²) in [6.45, 7) is 0.880. The molecule has 2 N–H and O–H groups in total. The van der Waals surface area contributed by atoms with Crippen LogP contribution in [-0.2, 0) is 34.1 Å². The Labute approximate surface area is 240 Å². The van der Waals surface area contributed by atoms with E-state index in [1.165, 1.54) is 11.0 Å². The highest BCUT2D eigenvalue weighted by Crippen LogP contribution is 2.52. The van der Waals surface area contributed by atoms with Crippen molar-refractivity contribution in [2.75, 3.05) is 26.0 Å². The van der Waals surface area contributed by atoms with E-state index in [0.717, 1.165) is 53.7 Å². The number of hydrogen-bond donors (Lipinski definition) is 2. The lowest BCUT2D eigenvalue weighted by molar-refractivity contribution is -0.142. The van der Waals surface area contributed by atoms with E-state index in [4.69, 9.17) is 9.72 Å². The van der Waals surface area contributed by atoms with Gasteiger partial charge < -0.3 is 19.7 Å². The van der Waals surface area contributed by atoms with E-state index in [2.05, 4.69) is 23.2 Å². The maximum atomic E-state index is 13.3. The van der Waals surface area contributed by atoms with Gasteiger partial charge in [0.1, 0.15) is 5.82 Å². The first kappa shape index (κ1) is 29.3. The van der Waals surface area contributed by atoms with Gasteiger partial charge in [-0.3, -0.25) is 9.59 Å². The van der Waals surface area contributed by atoms with Crippen molar-refractivity contribution in [2.24, 2.45) is 0 Å². The zero-order valence-electron chi connectivity index (χ0n) is 22.7. The molecule has 2 aromatic carbocycles. The number of aliphatic hydroxyl groups excluding tert-OH is 1. The summed E-state index contributed by atoms with van der Waals surface area (Å²) in [6, 6.07) is 12.4. The summed E-state index contributed by atoms with van der Waals surface area (Å²) in [5.41, 5.74) is 0.269. The molecule has 218 valence electrons. The first-order chi connectivity index (χ1) is 19.6. The van der Waals surface area contributed by atoms with Crippen molar-refractivity contribution in [3.63, 3.8) is 0 Å². The first-order valence-electron chi connectivity index (χ1n) is 13.6. The Balaban J connectivity index is 1.35. The molecular weight excluding hydrogens is 555 g/mol. The summed E-state index contributed by atoms with van der Waals surface area (Å²) in [5, 5.41) is 10.7. The molecule has 7 nitrogen and oxygen atoms in total. The molecule has 2 heterocycles. The SMILES string of the molecule is COCCCSc1cccc(C2(c3nc4c(c(=O)[nH]3)CN(C(=O)[C@H](O)c3cccc(C(F)(F)F)c3)CCC4)CC2)c1. The highest BCUT2D eigenvalue weighted by Gasteiger charge is 2.49. The monoisotopic (exact) mass is 587 g/mol. The van der Waals surface area contributed by atoms with E-state index in [-0.39, 0.29) is 29.6 Å². The fourth-order valence-corrected chi connectivity index (χ4v) is 6.18. The van der Waals surface area contributed by atoms with Crippen molar-refractivity contribution >= 4 is 17.7 Å².